The van der Waals surface area contributed by atoms with Crippen LogP contribution >= 0.6 is 12.2 Å². The van der Waals surface area contributed by atoms with Gasteiger partial charge in [-0.15, -0.1) is 0 Å². The Morgan fingerprint density at radius 2 is 2.20 bits per heavy atom. The number of rotatable bonds is 3. The summed E-state index contributed by atoms with van der Waals surface area (Å²) in [6.45, 7) is 1.46. The third-order valence-electron chi connectivity index (χ3n) is 0.989. The first kappa shape index (κ1) is 9.65. The average molecular weight is 162 g/mol. The van der Waals surface area contributed by atoms with Gasteiger partial charge in [-0.1, -0.05) is 0 Å². The molecular formula is C6H14N2OS. The molecule has 0 aliphatic carbocycles. The molecule has 4 heteroatoms. The van der Waals surface area contributed by atoms with E-state index < -0.39 is 0 Å². The minimum absolute atomic E-state index is 0.688. The van der Waals surface area contributed by atoms with E-state index in [1.165, 1.54) is 0 Å². The van der Waals surface area contributed by atoms with Crippen molar-refractivity contribution in [1.82, 2.24) is 10.2 Å². The SMILES string of the molecule is COCCNC(=S)N(C)C. The summed E-state index contributed by atoms with van der Waals surface area (Å²) in [6, 6.07) is 0. The average Bonchev–Trinajstić information content (AvgIpc) is 1.88. The number of methoxy groups -OCH3 is 1. The first-order valence-electron chi connectivity index (χ1n) is 3.12. The summed E-state index contributed by atoms with van der Waals surface area (Å²) >= 11 is 4.95. The molecule has 0 radical (unpaired) electrons. The first-order chi connectivity index (χ1) is 4.68. The van der Waals surface area contributed by atoms with Crippen LogP contribution in [0.15, 0.2) is 0 Å². The molecule has 0 amide bonds. The Balaban J connectivity index is 3.22. The molecule has 10 heavy (non-hydrogen) atoms. The maximum absolute atomic E-state index is 4.95. The van der Waals surface area contributed by atoms with Gasteiger partial charge in [0.15, 0.2) is 5.11 Å². The van der Waals surface area contributed by atoms with Crippen molar-refractivity contribution in [2.45, 2.75) is 0 Å². The normalized spacial score (nSPS) is 9.10. The maximum atomic E-state index is 4.95. The topological polar surface area (TPSA) is 24.5 Å². The molecule has 0 spiro atoms. The van der Waals surface area contributed by atoms with Crippen LogP contribution in [0.3, 0.4) is 0 Å². The molecule has 0 aliphatic heterocycles. The molecule has 0 heterocycles. The van der Waals surface area contributed by atoms with Gasteiger partial charge in [-0.3, -0.25) is 0 Å². The van der Waals surface area contributed by atoms with Gasteiger partial charge in [0.2, 0.25) is 0 Å². The third kappa shape index (κ3) is 4.52. The molecule has 0 aromatic rings. The monoisotopic (exact) mass is 162 g/mol. The predicted octanol–water partition coefficient (Wildman–Crippen LogP) is 0.0689. The highest BCUT2D eigenvalue weighted by atomic mass is 32.1. The molecule has 3 nitrogen and oxygen atoms in total. The second-order valence-electron chi connectivity index (χ2n) is 2.12. The lowest BCUT2D eigenvalue weighted by molar-refractivity contribution is 0.203. The van der Waals surface area contributed by atoms with Gasteiger partial charge in [-0.05, 0) is 12.2 Å². The molecule has 0 rings (SSSR count). The van der Waals surface area contributed by atoms with Crippen molar-refractivity contribution >= 4 is 17.3 Å². The lowest BCUT2D eigenvalue weighted by Gasteiger charge is -2.14. The predicted molar refractivity (Wildman–Crippen MR) is 46.2 cm³/mol. The molecule has 0 aromatic heterocycles. The van der Waals surface area contributed by atoms with Crippen LogP contribution in [0.4, 0.5) is 0 Å². The van der Waals surface area contributed by atoms with Crippen LogP contribution in [0, 0.1) is 0 Å². The van der Waals surface area contributed by atoms with Gasteiger partial charge in [0.25, 0.3) is 0 Å². The maximum Gasteiger partial charge on any atom is 0.168 e. The number of nitrogens with one attached hydrogen (secondary N) is 1. The summed E-state index contributed by atoms with van der Waals surface area (Å²) in [5.74, 6) is 0. The van der Waals surface area contributed by atoms with Crippen molar-refractivity contribution in [2.24, 2.45) is 0 Å². The molecule has 0 fully saturated rings. The molecule has 0 unspecified atom stereocenters. The summed E-state index contributed by atoms with van der Waals surface area (Å²) in [5.41, 5.74) is 0. The lowest BCUT2D eigenvalue weighted by atomic mass is 10.7. The van der Waals surface area contributed by atoms with E-state index in [0.29, 0.717) is 6.61 Å². The lowest BCUT2D eigenvalue weighted by Crippen LogP contribution is -2.35. The van der Waals surface area contributed by atoms with Gasteiger partial charge in [0.05, 0.1) is 6.61 Å². The summed E-state index contributed by atoms with van der Waals surface area (Å²) in [7, 11) is 5.48. The molecule has 0 aliphatic rings. The van der Waals surface area contributed by atoms with Crippen LogP contribution in [0.1, 0.15) is 0 Å². The van der Waals surface area contributed by atoms with Crippen molar-refractivity contribution < 1.29 is 4.74 Å². The van der Waals surface area contributed by atoms with Gasteiger partial charge in [0, 0.05) is 27.7 Å². The number of thiocarbonyl (C=S) groups is 1. The van der Waals surface area contributed by atoms with Crippen molar-refractivity contribution in [1.29, 1.82) is 0 Å². The largest absolute Gasteiger partial charge is 0.383 e. The van der Waals surface area contributed by atoms with Gasteiger partial charge >= 0.3 is 0 Å². The van der Waals surface area contributed by atoms with Gasteiger partial charge in [-0.25, -0.2) is 0 Å². The molecule has 60 valence electrons. The second kappa shape index (κ2) is 5.44. The van der Waals surface area contributed by atoms with Gasteiger partial charge < -0.3 is 15.0 Å². The van der Waals surface area contributed by atoms with E-state index in [2.05, 4.69) is 5.32 Å². The Labute approximate surface area is 67.3 Å². The van der Waals surface area contributed by atoms with Crippen molar-refractivity contribution in [3.63, 3.8) is 0 Å². The van der Waals surface area contributed by atoms with Crippen molar-refractivity contribution in [3.05, 3.63) is 0 Å². The Morgan fingerprint density at radius 3 is 2.60 bits per heavy atom. The molecular weight excluding hydrogens is 148 g/mol. The smallest absolute Gasteiger partial charge is 0.168 e. The Kier molecular flexibility index (Phi) is 5.25. The zero-order chi connectivity index (χ0) is 7.98. The second-order valence-corrected chi connectivity index (χ2v) is 2.51. The standard InChI is InChI=1S/C6H14N2OS/c1-8(2)6(10)7-4-5-9-3/h4-5H2,1-3H3,(H,7,10). The van der Waals surface area contributed by atoms with E-state index in [1.54, 1.807) is 7.11 Å². The van der Waals surface area contributed by atoms with Crippen LogP contribution < -0.4 is 5.32 Å². The fraction of sp³-hybridized carbons (Fsp3) is 0.833. The van der Waals surface area contributed by atoms with Crippen LogP contribution in [-0.4, -0.2) is 44.4 Å². The summed E-state index contributed by atoms with van der Waals surface area (Å²) < 4.78 is 4.83. The van der Waals surface area contributed by atoms with Crippen LogP contribution in [0.2, 0.25) is 0 Å². The van der Waals surface area contributed by atoms with E-state index in [0.717, 1.165) is 11.7 Å². The highest BCUT2D eigenvalue weighted by molar-refractivity contribution is 7.80. The fourth-order valence-corrected chi connectivity index (χ4v) is 0.520. The number of nitrogens with zero attached hydrogens (tertiary/aromatic N) is 1. The van der Waals surface area contributed by atoms with Crippen LogP contribution in [0.25, 0.3) is 0 Å². The zero-order valence-electron chi connectivity index (χ0n) is 6.68. The minimum Gasteiger partial charge on any atom is -0.383 e. The molecule has 0 saturated carbocycles. The minimum atomic E-state index is 0.688. The number of hydrogen-bond donors (Lipinski definition) is 1. The summed E-state index contributed by atoms with van der Waals surface area (Å²) in [5, 5.41) is 3.76. The third-order valence-corrected chi connectivity index (χ3v) is 1.50. The Bertz CT molecular complexity index is 106. The van der Waals surface area contributed by atoms with E-state index >= 15 is 0 Å². The van der Waals surface area contributed by atoms with Crippen molar-refractivity contribution in [2.75, 3.05) is 34.4 Å². The molecule has 1 N–H and O–H groups in total. The van der Waals surface area contributed by atoms with Crippen LogP contribution in [0.5, 0.6) is 0 Å². The van der Waals surface area contributed by atoms with Gasteiger partial charge in [0.1, 0.15) is 0 Å². The molecule has 0 saturated heterocycles. The quantitative estimate of drug-likeness (QED) is 0.469. The fourth-order valence-electron chi connectivity index (χ4n) is 0.418. The first-order valence-corrected chi connectivity index (χ1v) is 3.53. The number of hydrogen-bond acceptors (Lipinski definition) is 2. The molecule has 0 aromatic carbocycles. The van der Waals surface area contributed by atoms with E-state index in [9.17, 15) is 0 Å². The Hall–Kier alpha value is -0.350. The summed E-state index contributed by atoms with van der Waals surface area (Å²) in [6.07, 6.45) is 0. The van der Waals surface area contributed by atoms with E-state index in [1.807, 2.05) is 19.0 Å². The highest BCUT2D eigenvalue weighted by Crippen LogP contribution is 1.76. The molecule has 0 atom stereocenters. The van der Waals surface area contributed by atoms with E-state index in [-0.39, 0.29) is 0 Å². The van der Waals surface area contributed by atoms with Crippen LogP contribution in [-0.2, 0) is 4.74 Å². The van der Waals surface area contributed by atoms with E-state index in [4.69, 9.17) is 17.0 Å². The van der Waals surface area contributed by atoms with Gasteiger partial charge in [-0.2, -0.15) is 0 Å². The summed E-state index contributed by atoms with van der Waals surface area (Å²) in [4.78, 5) is 1.85. The Morgan fingerprint density at radius 1 is 1.60 bits per heavy atom. The highest BCUT2D eigenvalue weighted by Gasteiger charge is 1.94. The van der Waals surface area contributed by atoms with Crippen molar-refractivity contribution in [3.8, 4) is 0 Å². The molecule has 0 bridgehead atoms. The zero-order valence-corrected chi connectivity index (χ0v) is 7.49. The number of ether oxygens (including phenoxy) is 1.